The van der Waals surface area contributed by atoms with Crippen LogP contribution in [0.5, 0.6) is 0 Å². The highest BCUT2D eigenvalue weighted by atomic mass is 35.5. The fourth-order valence-corrected chi connectivity index (χ4v) is 2.53. The maximum absolute atomic E-state index is 5.93. The van der Waals surface area contributed by atoms with Gasteiger partial charge in [-0.2, -0.15) is 0 Å². The number of nitrogens with zero attached hydrogens (tertiary/aromatic N) is 1. The first-order valence-electron chi connectivity index (χ1n) is 5.80. The van der Waals surface area contributed by atoms with E-state index in [4.69, 9.17) is 11.6 Å². The molecule has 0 amide bonds. The van der Waals surface area contributed by atoms with Crippen molar-refractivity contribution in [2.75, 3.05) is 26.7 Å². The highest BCUT2D eigenvalue weighted by Gasteiger charge is 2.29. The third kappa shape index (κ3) is 2.57. The molecule has 1 aliphatic heterocycles. The molecule has 0 saturated carbocycles. The van der Waals surface area contributed by atoms with E-state index in [1.807, 2.05) is 12.1 Å². The molecule has 1 aromatic rings. The Morgan fingerprint density at radius 3 is 2.69 bits per heavy atom. The van der Waals surface area contributed by atoms with Crippen molar-refractivity contribution in [2.45, 2.75) is 18.9 Å². The molecule has 0 aliphatic carbocycles. The van der Waals surface area contributed by atoms with E-state index >= 15 is 0 Å². The SMILES string of the molecule is CN1CCCNC(C)(c2ccc(Cl)cc2)C1. The molecule has 0 spiro atoms. The fourth-order valence-electron chi connectivity index (χ4n) is 2.40. The van der Waals surface area contributed by atoms with Gasteiger partial charge < -0.3 is 10.2 Å². The first-order valence-corrected chi connectivity index (χ1v) is 6.18. The Balaban J connectivity index is 2.25. The molecule has 0 aromatic heterocycles. The summed E-state index contributed by atoms with van der Waals surface area (Å²) in [4.78, 5) is 2.38. The minimum absolute atomic E-state index is 0.0375. The van der Waals surface area contributed by atoms with Crippen LogP contribution in [0.3, 0.4) is 0 Å². The number of hydrogen-bond acceptors (Lipinski definition) is 2. The molecular weight excluding hydrogens is 220 g/mol. The van der Waals surface area contributed by atoms with Crippen molar-refractivity contribution in [1.29, 1.82) is 0 Å². The van der Waals surface area contributed by atoms with Gasteiger partial charge in [0, 0.05) is 11.6 Å². The minimum Gasteiger partial charge on any atom is -0.307 e. The average molecular weight is 239 g/mol. The van der Waals surface area contributed by atoms with Crippen molar-refractivity contribution in [1.82, 2.24) is 10.2 Å². The minimum atomic E-state index is 0.0375. The van der Waals surface area contributed by atoms with E-state index < -0.39 is 0 Å². The van der Waals surface area contributed by atoms with Gasteiger partial charge in [-0.1, -0.05) is 23.7 Å². The van der Waals surface area contributed by atoms with Gasteiger partial charge >= 0.3 is 0 Å². The molecule has 1 heterocycles. The standard InChI is InChI=1S/C13H19ClN2/c1-13(10-16(2)9-3-8-15-13)11-4-6-12(14)7-5-11/h4-7,15H,3,8-10H2,1-2H3. The van der Waals surface area contributed by atoms with E-state index in [9.17, 15) is 0 Å². The molecule has 0 radical (unpaired) electrons. The molecule has 1 saturated heterocycles. The maximum atomic E-state index is 5.93. The fraction of sp³-hybridized carbons (Fsp3) is 0.538. The highest BCUT2D eigenvalue weighted by molar-refractivity contribution is 6.30. The molecule has 1 aromatic carbocycles. The van der Waals surface area contributed by atoms with Crippen LogP contribution in [0.1, 0.15) is 18.9 Å². The number of nitrogens with one attached hydrogen (secondary N) is 1. The smallest absolute Gasteiger partial charge is 0.0534 e. The quantitative estimate of drug-likeness (QED) is 0.809. The zero-order valence-corrected chi connectivity index (χ0v) is 10.7. The van der Waals surface area contributed by atoms with Crippen LogP contribution in [0.15, 0.2) is 24.3 Å². The Labute approximate surface area is 103 Å². The van der Waals surface area contributed by atoms with Crippen LogP contribution in [0.4, 0.5) is 0 Å². The summed E-state index contributed by atoms with van der Waals surface area (Å²) >= 11 is 5.93. The lowest BCUT2D eigenvalue weighted by Gasteiger charge is -2.32. The van der Waals surface area contributed by atoms with Crippen LogP contribution < -0.4 is 5.32 Å². The molecule has 1 N–H and O–H groups in total. The summed E-state index contributed by atoms with van der Waals surface area (Å²) < 4.78 is 0. The van der Waals surface area contributed by atoms with E-state index in [2.05, 4.69) is 36.3 Å². The summed E-state index contributed by atoms with van der Waals surface area (Å²) in [6, 6.07) is 8.17. The Morgan fingerprint density at radius 1 is 1.31 bits per heavy atom. The van der Waals surface area contributed by atoms with E-state index in [0.29, 0.717) is 0 Å². The monoisotopic (exact) mass is 238 g/mol. The summed E-state index contributed by atoms with van der Waals surface area (Å²) in [5, 5.41) is 4.44. The van der Waals surface area contributed by atoms with Gasteiger partial charge in [-0.05, 0) is 51.2 Å². The summed E-state index contributed by atoms with van der Waals surface area (Å²) in [6.07, 6.45) is 1.21. The second-order valence-electron chi connectivity index (χ2n) is 4.86. The number of halogens is 1. The third-order valence-electron chi connectivity index (χ3n) is 3.30. The Morgan fingerprint density at radius 2 is 2.00 bits per heavy atom. The van der Waals surface area contributed by atoms with Gasteiger partial charge in [-0.3, -0.25) is 0 Å². The van der Waals surface area contributed by atoms with Gasteiger partial charge in [-0.25, -0.2) is 0 Å². The van der Waals surface area contributed by atoms with Crippen LogP contribution in [0.2, 0.25) is 5.02 Å². The summed E-state index contributed by atoms with van der Waals surface area (Å²) in [5.41, 5.74) is 1.35. The van der Waals surface area contributed by atoms with Crippen molar-refractivity contribution in [3.8, 4) is 0 Å². The van der Waals surface area contributed by atoms with E-state index in [-0.39, 0.29) is 5.54 Å². The predicted molar refractivity (Wildman–Crippen MR) is 68.9 cm³/mol. The van der Waals surface area contributed by atoms with Crippen LogP contribution in [0.25, 0.3) is 0 Å². The van der Waals surface area contributed by atoms with Gasteiger partial charge in [0.15, 0.2) is 0 Å². The zero-order chi connectivity index (χ0) is 11.6. The van der Waals surface area contributed by atoms with Gasteiger partial charge in [0.2, 0.25) is 0 Å². The molecule has 16 heavy (non-hydrogen) atoms. The topological polar surface area (TPSA) is 15.3 Å². The summed E-state index contributed by atoms with van der Waals surface area (Å²) in [6.45, 7) is 5.53. The molecule has 1 aliphatic rings. The molecule has 1 unspecified atom stereocenters. The van der Waals surface area contributed by atoms with Gasteiger partial charge in [0.1, 0.15) is 0 Å². The van der Waals surface area contributed by atoms with E-state index in [1.54, 1.807) is 0 Å². The highest BCUT2D eigenvalue weighted by Crippen LogP contribution is 2.24. The van der Waals surface area contributed by atoms with Crippen molar-refractivity contribution in [2.24, 2.45) is 0 Å². The lowest BCUT2D eigenvalue weighted by molar-refractivity contribution is 0.259. The predicted octanol–water partition coefficient (Wildman–Crippen LogP) is 2.48. The van der Waals surface area contributed by atoms with Gasteiger partial charge in [0.05, 0.1) is 5.54 Å². The molecule has 2 nitrogen and oxygen atoms in total. The molecule has 88 valence electrons. The molecule has 1 fully saturated rings. The lowest BCUT2D eigenvalue weighted by Crippen LogP contribution is -2.45. The number of likely N-dealkylation sites (N-methyl/N-ethyl adjacent to an activating group) is 1. The number of benzene rings is 1. The Kier molecular flexibility index (Phi) is 3.53. The van der Waals surface area contributed by atoms with Crippen LogP contribution >= 0.6 is 11.6 Å². The first kappa shape index (κ1) is 11.9. The molecule has 3 heteroatoms. The second-order valence-corrected chi connectivity index (χ2v) is 5.29. The largest absolute Gasteiger partial charge is 0.307 e. The average Bonchev–Trinajstić information content (AvgIpc) is 2.41. The van der Waals surface area contributed by atoms with Gasteiger partial charge in [0.25, 0.3) is 0 Å². The Hall–Kier alpha value is -0.570. The molecule has 0 bridgehead atoms. The van der Waals surface area contributed by atoms with Crippen molar-refractivity contribution in [3.05, 3.63) is 34.9 Å². The Bertz CT molecular complexity index is 349. The molecular formula is C13H19ClN2. The lowest BCUT2D eigenvalue weighted by atomic mass is 9.92. The first-order chi connectivity index (χ1) is 7.60. The van der Waals surface area contributed by atoms with Crippen molar-refractivity contribution in [3.63, 3.8) is 0 Å². The van der Waals surface area contributed by atoms with E-state index in [1.165, 1.54) is 12.0 Å². The van der Waals surface area contributed by atoms with Crippen molar-refractivity contribution < 1.29 is 0 Å². The summed E-state index contributed by atoms with van der Waals surface area (Å²) in [5.74, 6) is 0. The van der Waals surface area contributed by atoms with Gasteiger partial charge in [-0.15, -0.1) is 0 Å². The zero-order valence-electron chi connectivity index (χ0n) is 9.96. The third-order valence-corrected chi connectivity index (χ3v) is 3.55. The van der Waals surface area contributed by atoms with Crippen LogP contribution in [-0.2, 0) is 5.54 Å². The van der Waals surface area contributed by atoms with Crippen molar-refractivity contribution >= 4 is 11.6 Å². The van der Waals surface area contributed by atoms with Crippen LogP contribution in [0, 0.1) is 0 Å². The maximum Gasteiger partial charge on any atom is 0.0534 e. The molecule has 1 atom stereocenters. The normalized spacial score (nSPS) is 27.7. The second kappa shape index (κ2) is 4.74. The number of hydrogen-bond donors (Lipinski definition) is 1. The van der Waals surface area contributed by atoms with Crippen LogP contribution in [-0.4, -0.2) is 31.6 Å². The number of rotatable bonds is 1. The molecule has 2 rings (SSSR count). The van der Waals surface area contributed by atoms with E-state index in [0.717, 1.165) is 24.7 Å². The summed E-state index contributed by atoms with van der Waals surface area (Å²) in [7, 11) is 2.18.